The van der Waals surface area contributed by atoms with Gasteiger partial charge in [-0.3, -0.25) is 4.98 Å². The Morgan fingerprint density at radius 1 is 1.03 bits per heavy atom. The summed E-state index contributed by atoms with van der Waals surface area (Å²) in [7, 11) is 0. The van der Waals surface area contributed by atoms with E-state index in [-0.39, 0.29) is 0 Å². The third kappa shape index (κ3) is 3.98. The van der Waals surface area contributed by atoms with E-state index in [2.05, 4.69) is 10.3 Å². The Kier molecular flexibility index (Phi) is 5.15. The van der Waals surface area contributed by atoms with Crippen LogP contribution in [0.4, 0.5) is 28.0 Å². The molecule has 1 aliphatic heterocycles. The van der Waals surface area contributed by atoms with Gasteiger partial charge in [0.15, 0.2) is 0 Å². The van der Waals surface area contributed by atoms with E-state index in [4.69, 9.17) is 0 Å². The lowest BCUT2D eigenvalue weighted by Crippen LogP contribution is -2.43. The first-order chi connectivity index (χ1) is 14.3. The lowest BCUT2D eigenvalue weighted by atomic mass is 9.91. The van der Waals surface area contributed by atoms with Gasteiger partial charge in [0.05, 0.1) is 11.6 Å². The van der Waals surface area contributed by atoms with Gasteiger partial charge in [-0.25, -0.2) is 9.18 Å². The molecule has 0 fully saturated rings. The summed E-state index contributed by atoms with van der Waals surface area (Å²) in [5.74, 6) is -0.423. The fourth-order valence-corrected chi connectivity index (χ4v) is 3.59. The second-order valence-corrected chi connectivity index (χ2v) is 6.94. The third-order valence-corrected chi connectivity index (χ3v) is 5.03. The van der Waals surface area contributed by atoms with Crippen molar-refractivity contribution in [2.24, 2.45) is 0 Å². The van der Waals surface area contributed by atoms with Gasteiger partial charge >= 0.3 is 12.2 Å². The van der Waals surface area contributed by atoms with Crippen molar-refractivity contribution in [3.05, 3.63) is 95.1 Å². The lowest BCUT2D eigenvalue weighted by molar-refractivity contribution is -0.137. The molecule has 0 saturated carbocycles. The van der Waals surface area contributed by atoms with Gasteiger partial charge in [0.1, 0.15) is 5.82 Å². The molecule has 4 rings (SSSR count). The van der Waals surface area contributed by atoms with E-state index in [9.17, 15) is 22.4 Å². The van der Waals surface area contributed by atoms with Crippen LogP contribution in [0.25, 0.3) is 0 Å². The Bertz CT molecular complexity index is 1050. The minimum absolute atomic E-state index is 0.336. The van der Waals surface area contributed by atoms with Crippen molar-refractivity contribution in [2.45, 2.75) is 18.6 Å². The van der Waals surface area contributed by atoms with Crippen molar-refractivity contribution in [3.8, 4) is 0 Å². The van der Waals surface area contributed by atoms with Crippen LogP contribution in [0, 0.1) is 5.82 Å². The number of fused-ring (bicyclic) bond motifs is 1. The zero-order valence-corrected chi connectivity index (χ0v) is 15.7. The highest BCUT2D eigenvalue weighted by Crippen LogP contribution is 2.36. The number of urea groups is 1. The number of halogens is 4. The topological polar surface area (TPSA) is 45.2 Å². The number of benzene rings is 2. The molecular weight excluding hydrogens is 398 g/mol. The van der Waals surface area contributed by atoms with Gasteiger partial charge in [0, 0.05) is 36.1 Å². The van der Waals surface area contributed by atoms with Crippen LogP contribution < -0.4 is 5.32 Å². The van der Waals surface area contributed by atoms with Gasteiger partial charge in [0.2, 0.25) is 0 Å². The van der Waals surface area contributed by atoms with E-state index in [1.165, 1.54) is 36.4 Å². The summed E-state index contributed by atoms with van der Waals surface area (Å²) < 4.78 is 52.0. The van der Waals surface area contributed by atoms with E-state index in [0.29, 0.717) is 24.2 Å². The van der Waals surface area contributed by atoms with E-state index >= 15 is 0 Å². The van der Waals surface area contributed by atoms with Gasteiger partial charge in [-0.1, -0.05) is 18.2 Å². The Morgan fingerprint density at radius 2 is 1.73 bits per heavy atom. The normalized spacial score (nSPS) is 16.1. The molecule has 1 aromatic heterocycles. The predicted octanol–water partition coefficient (Wildman–Crippen LogP) is 5.42. The first-order valence-electron chi connectivity index (χ1n) is 9.27. The molecule has 0 bridgehead atoms. The molecule has 2 amide bonds. The number of pyridine rings is 1. The average molecular weight is 415 g/mol. The summed E-state index contributed by atoms with van der Waals surface area (Å²) in [6, 6.07) is 12.7. The zero-order chi connectivity index (χ0) is 21.3. The van der Waals surface area contributed by atoms with Crippen LogP contribution in [-0.2, 0) is 12.6 Å². The Balaban J connectivity index is 1.68. The fourth-order valence-electron chi connectivity index (χ4n) is 3.59. The highest BCUT2D eigenvalue weighted by Gasteiger charge is 2.34. The number of rotatable bonds is 2. The second-order valence-electron chi connectivity index (χ2n) is 6.94. The van der Waals surface area contributed by atoms with Gasteiger partial charge < -0.3 is 10.2 Å². The summed E-state index contributed by atoms with van der Waals surface area (Å²) in [5.41, 5.74) is 1.78. The molecule has 4 nitrogen and oxygen atoms in total. The van der Waals surface area contributed by atoms with Crippen molar-refractivity contribution < 1.29 is 22.4 Å². The van der Waals surface area contributed by atoms with Crippen LogP contribution in [0.5, 0.6) is 0 Å². The van der Waals surface area contributed by atoms with Crippen LogP contribution in [-0.4, -0.2) is 22.5 Å². The fraction of sp³-hybridized carbons (Fsp3) is 0.182. The number of aromatic nitrogens is 1. The number of hydrogen-bond acceptors (Lipinski definition) is 2. The number of nitrogens with one attached hydrogen (secondary N) is 1. The maximum absolute atomic E-state index is 13.1. The highest BCUT2D eigenvalue weighted by atomic mass is 19.4. The van der Waals surface area contributed by atoms with Crippen molar-refractivity contribution in [1.82, 2.24) is 9.88 Å². The third-order valence-electron chi connectivity index (χ3n) is 5.03. The smallest absolute Gasteiger partial charge is 0.313 e. The summed E-state index contributed by atoms with van der Waals surface area (Å²) >= 11 is 0. The highest BCUT2D eigenvalue weighted by molar-refractivity contribution is 5.90. The number of nitrogens with zero attached hydrogens (tertiary/aromatic N) is 2. The molecule has 2 aromatic carbocycles. The van der Waals surface area contributed by atoms with Crippen molar-refractivity contribution in [1.29, 1.82) is 0 Å². The minimum atomic E-state index is -4.44. The first-order valence-corrected chi connectivity index (χ1v) is 9.27. The van der Waals surface area contributed by atoms with Crippen LogP contribution in [0.3, 0.4) is 0 Å². The van der Waals surface area contributed by atoms with Crippen molar-refractivity contribution in [2.75, 3.05) is 11.9 Å². The van der Waals surface area contributed by atoms with Crippen LogP contribution in [0.15, 0.2) is 66.9 Å². The molecule has 1 atom stereocenters. The number of anilines is 1. The molecular formula is C22H17F4N3O. The molecule has 2 heterocycles. The molecule has 8 heteroatoms. The number of alkyl halides is 3. The standard InChI is InChI=1S/C22H17F4N3O/c23-16-7-9-17(10-8-16)28-21(30)29-13-11-19-18(2-1-12-27-19)20(29)14-3-5-15(6-4-14)22(24,25)26/h1-10,12,20H,11,13H2,(H,28,30)/t20-/m0/s1. The van der Waals surface area contributed by atoms with Gasteiger partial charge in [-0.05, 0) is 48.0 Å². The first kappa shape index (κ1) is 19.9. The average Bonchev–Trinajstić information content (AvgIpc) is 2.74. The van der Waals surface area contributed by atoms with Crippen molar-refractivity contribution in [3.63, 3.8) is 0 Å². The lowest BCUT2D eigenvalue weighted by Gasteiger charge is -2.37. The van der Waals surface area contributed by atoms with Crippen LogP contribution >= 0.6 is 0 Å². The summed E-state index contributed by atoms with van der Waals surface area (Å²) in [6.07, 6.45) is -2.27. The zero-order valence-electron chi connectivity index (χ0n) is 15.7. The van der Waals surface area contributed by atoms with Gasteiger partial charge in [-0.2, -0.15) is 13.2 Å². The minimum Gasteiger partial charge on any atom is -0.313 e. The molecule has 0 spiro atoms. The Hall–Kier alpha value is -3.42. The predicted molar refractivity (Wildman–Crippen MR) is 103 cm³/mol. The summed E-state index contributed by atoms with van der Waals surface area (Å²) in [5, 5.41) is 2.72. The molecule has 3 aromatic rings. The summed E-state index contributed by atoms with van der Waals surface area (Å²) in [6.45, 7) is 0.336. The quantitative estimate of drug-likeness (QED) is 0.568. The van der Waals surface area contributed by atoms with Crippen LogP contribution in [0.2, 0.25) is 0 Å². The van der Waals surface area contributed by atoms with E-state index in [1.807, 2.05) is 6.07 Å². The molecule has 154 valence electrons. The molecule has 1 aliphatic rings. The number of carbonyl (C=O) groups is 1. The maximum atomic E-state index is 13.1. The maximum Gasteiger partial charge on any atom is 0.416 e. The van der Waals surface area contributed by atoms with E-state index < -0.39 is 29.6 Å². The molecule has 0 aliphatic carbocycles. The van der Waals surface area contributed by atoms with Gasteiger partial charge in [-0.15, -0.1) is 0 Å². The van der Waals surface area contributed by atoms with E-state index in [0.717, 1.165) is 23.4 Å². The van der Waals surface area contributed by atoms with Crippen molar-refractivity contribution >= 4 is 11.7 Å². The molecule has 0 saturated heterocycles. The number of hydrogen-bond donors (Lipinski definition) is 1. The molecule has 0 radical (unpaired) electrons. The van der Waals surface area contributed by atoms with Crippen LogP contribution in [0.1, 0.15) is 28.4 Å². The monoisotopic (exact) mass is 415 g/mol. The molecule has 30 heavy (non-hydrogen) atoms. The Morgan fingerprint density at radius 3 is 2.40 bits per heavy atom. The number of amides is 2. The number of carbonyl (C=O) groups excluding carboxylic acids is 1. The van der Waals surface area contributed by atoms with E-state index in [1.54, 1.807) is 17.2 Å². The SMILES string of the molecule is O=C(Nc1ccc(F)cc1)N1CCc2ncccc2[C@@H]1c1ccc(C(F)(F)F)cc1. The molecule has 0 unspecified atom stereocenters. The summed E-state index contributed by atoms with van der Waals surface area (Å²) in [4.78, 5) is 18.9. The largest absolute Gasteiger partial charge is 0.416 e. The molecule has 1 N–H and O–H groups in total. The Labute approximate surface area is 170 Å². The van der Waals surface area contributed by atoms with Gasteiger partial charge in [0.25, 0.3) is 0 Å². The second kappa shape index (κ2) is 7.78.